The summed E-state index contributed by atoms with van der Waals surface area (Å²) in [6.07, 6.45) is 0. The van der Waals surface area contributed by atoms with Crippen LogP contribution in [0, 0.1) is 12.7 Å². The van der Waals surface area contributed by atoms with Crippen molar-refractivity contribution in [3.8, 4) is 5.75 Å². The molecule has 24 heavy (non-hydrogen) atoms. The zero-order valence-electron chi connectivity index (χ0n) is 12.7. The maximum absolute atomic E-state index is 13.5. The van der Waals surface area contributed by atoms with Gasteiger partial charge in [0.25, 0.3) is 0 Å². The SMILES string of the molecule is Cc1ccc(C(=O)OCc2cc(=O)oc3cc(O)ccc23)cc1F. The molecular formula is C18H13FO5. The van der Waals surface area contributed by atoms with Gasteiger partial charge in [-0.25, -0.2) is 14.0 Å². The molecule has 0 fully saturated rings. The third-order valence-electron chi connectivity index (χ3n) is 3.58. The minimum Gasteiger partial charge on any atom is -0.508 e. The number of carbonyl (C=O) groups is 1. The largest absolute Gasteiger partial charge is 0.508 e. The van der Waals surface area contributed by atoms with Gasteiger partial charge in [-0.15, -0.1) is 0 Å². The number of phenolic OH excluding ortho intramolecular Hbond substituents is 1. The lowest BCUT2D eigenvalue weighted by Gasteiger charge is -2.08. The molecule has 1 heterocycles. The fourth-order valence-electron chi connectivity index (χ4n) is 2.28. The van der Waals surface area contributed by atoms with Gasteiger partial charge in [-0.05, 0) is 36.8 Å². The van der Waals surface area contributed by atoms with E-state index in [0.29, 0.717) is 16.5 Å². The van der Waals surface area contributed by atoms with Gasteiger partial charge >= 0.3 is 11.6 Å². The Labute approximate surface area is 135 Å². The fourth-order valence-corrected chi connectivity index (χ4v) is 2.28. The van der Waals surface area contributed by atoms with E-state index >= 15 is 0 Å². The normalized spacial score (nSPS) is 10.8. The van der Waals surface area contributed by atoms with Crippen LogP contribution in [-0.4, -0.2) is 11.1 Å². The van der Waals surface area contributed by atoms with E-state index in [-0.39, 0.29) is 23.5 Å². The Morgan fingerprint density at radius 3 is 2.75 bits per heavy atom. The van der Waals surface area contributed by atoms with Crippen molar-refractivity contribution in [1.82, 2.24) is 0 Å². The van der Waals surface area contributed by atoms with E-state index in [4.69, 9.17) is 9.15 Å². The lowest BCUT2D eigenvalue weighted by atomic mass is 10.1. The molecule has 1 N–H and O–H groups in total. The monoisotopic (exact) mass is 328 g/mol. The summed E-state index contributed by atoms with van der Waals surface area (Å²) >= 11 is 0. The third kappa shape index (κ3) is 3.12. The Morgan fingerprint density at radius 2 is 2.00 bits per heavy atom. The van der Waals surface area contributed by atoms with Crippen LogP contribution < -0.4 is 5.63 Å². The predicted octanol–water partition coefficient (Wildman–Crippen LogP) is 3.30. The smallest absolute Gasteiger partial charge is 0.338 e. The number of hydrogen-bond acceptors (Lipinski definition) is 5. The summed E-state index contributed by atoms with van der Waals surface area (Å²) in [7, 11) is 0. The molecule has 0 radical (unpaired) electrons. The number of halogens is 1. The average molecular weight is 328 g/mol. The quantitative estimate of drug-likeness (QED) is 0.590. The standard InChI is InChI=1S/C18H13FO5/c1-10-2-3-11(6-15(10)19)18(22)23-9-12-7-17(21)24-16-8-13(20)4-5-14(12)16/h2-8,20H,9H2,1H3. The molecule has 0 amide bonds. The molecule has 3 rings (SSSR count). The Kier molecular flexibility index (Phi) is 4.04. The van der Waals surface area contributed by atoms with E-state index in [1.54, 1.807) is 13.0 Å². The highest BCUT2D eigenvalue weighted by atomic mass is 19.1. The van der Waals surface area contributed by atoms with E-state index in [9.17, 15) is 19.1 Å². The van der Waals surface area contributed by atoms with Crippen LogP contribution in [0.15, 0.2) is 51.7 Å². The van der Waals surface area contributed by atoms with Crippen LogP contribution in [0.1, 0.15) is 21.5 Å². The van der Waals surface area contributed by atoms with Crippen molar-refractivity contribution in [1.29, 1.82) is 0 Å². The van der Waals surface area contributed by atoms with Gasteiger partial charge in [0.15, 0.2) is 0 Å². The summed E-state index contributed by atoms with van der Waals surface area (Å²) in [5.41, 5.74) is 0.513. The Bertz CT molecular complexity index is 990. The van der Waals surface area contributed by atoms with Crippen molar-refractivity contribution in [2.45, 2.75) is 13.5 Å². The van der Waals surface area contributed by atoms with Crippen molar-refractivity contribution >= 4 is 16.9 Å². The first-order valence-corrected chi connectivity index (χ1v) is 7.13. The number of rotatable bonds is 3. The first-order valence-electron chi connectivity index (χ1n) is 7.13. The van der Waals surface area contributed by atoms with E-state index in [2.05, 4.69) is 0 Å². The predicted molar refractivity (Wildman–Crippen MR) is 84.4 cm³/mol. The molecule has 0 spiro atoms. The lowest BCUT2D eigenvalue weighted by molar-refractivity contribution is 0.0473. The average Bonchev–Trinajstić information content (AvgIpc) is 2.54. The molecule has 1 aromatic heterocycles. The van der Waals surface area contributed by atoms with Crippen LogP contribution in [0.3, 0.4) is 0 Å². The Balaban J connectivity index is 1.86. The van der Waals surface area contributed by atoms with Gasteiger partial charge < -0.3 is 14.3 Å². The molecule has 2 aromatic carbocycles. The zero-order valence-corrected chi connectivity index (χ0v) is 12.7. The molecule has 5 nitrogen and oxygen atoms in total. The number of carbonyl (C=O) groups excluding carboxylic acids is 1. The van der Waals surface area contributed by atoms with Crippen molar-refractivity contribution in [2.75, 3.05) is 0 Å². The molecule has 0 saturated carbocycles. The van der Waals surface area contributed by atoms with Crippen LogP contribution in [-0.2, 0) is 11.3 Å². The summed E-state index contributed by atoms with van der Waals surface area (Å²) in [5, 5.41) is 9.98. The van der Waals surface area contributed by atoms with Crippen molar-refractivity contribution < 1.29 is 23.4 Å². The first kappa shape index (κ1) is 15.7. The third-order valence-corrected chi connectivity index (χ3v) is 3.58. The first-order chi connectivity index (χ1) is 11.4. The number of esters is 1. The second kappa shape index (κ2) is 6.16. The van der Waals surface area contributed by atoms with Gasteiger partial charge in [0, 0.05) is 23.1 Å². The number of phenols is 1. The van der Waals surface area contributed by atoms with Gasteiger partial charge in [0.2, 0.25) is 0 Å². The maximum atomic E-state index is 13.5. The van der Waals surface area contributed by atoms with Gasteiger partial charge in [-0.1, -0.05) is 6.07 Å². The zero-order chi connectivity index (χ0) is 17.3. The van der Waals surface area contributed by atoms with Crippen LogP contribution >= 0.6 is 0 Å². The molecule has 3 aromatic rings. The summed E-state index contributed by atoms with van der Waals surface area (Å²) in [6.45, 7) is 1.41. The summed E-state index contributed by atoms with van der Waals surface area (Å²) in [6, 6.07) is 9.57. The van der Waals surface area contributed by atoms with E-state index in [1.807, 2.05) is 0 Å². The number of aromatic hydroxyl groups is 1. The summed E-state index contributed by atoms with van der Waals surface area (Å²) < 4.78 is 23.7. The number of ether oxygens (including phenoxy) is 1. The molecule has 0 unspecified atom stereocenters. The summed E-state index contributed by atoms with van der Waals surface area (Å²) in [5.74, 6) is -1.24. The minimum absolute atomic E-state index is 0.0464. The highest BCUT2D eigenvalue weighted by molar-refractivity contribution is 5.89. The second-order valence-electron chi connectivity index (χ2n) is 5.31. The highest BCUT2D eigenvalue weighted by Crippen LogP contribution is 2.22. The van der Waals surface area contributed by atoms with E-state index in [1.165, 1.54) is 30.3 Å². The Hall–Kier alpha value is -3.15. The molecular weight excluding hydrogens is 315 g/mol. The van der Waals surface area contributed by atoms with Crippen molar-refractivity contribution in [3.05, 3.63) is 75.4 Å². The van der Waals surface area contributed by atoms with Crippen LogP contribution in [0.2, 0.25) is 0 Å². The van der Waals surface area contributed by atoms with Crippen LogP contribution in [0.25, 0.3) is 11.0 Å². The Morgan fingerprint density at radius 1 is 1.21 bits per heavy atom. The summed E-state index contributed by atoms with van der Waals surface area (Å²) in [4.78, 5) is 23.6. The van der Waals surface area contributed by atoms with Crippen LogP contribution in [0.5, 0.6) is 5.75 Å². The van der Waals surface area contributed by atoms with E-state index < -0.39 is 17.4 Å². The molecule has 0 aliphatic carbocycles. The topological polar surface area (TPSA) is 76.7 Å². The van der Waals surface area contributed by atoms with Gasteiger partial charge in [-0.2, -0.15) is 0 Å². The van der Waals surface area contributed by atoms with Crippen LogP contribution in [0.4, 0.5) is 4.39 Å². The number of fused-ring (bicyclic) bond motifs is 1. The second-order valence-corrected chi connectivity index (χ2v) is 5.31. The van der Waals surface area contributed by atoms with Gasteiger partial charge in [0.1, 0.15) is 23.8 Å². The maximum Gasteiger partial charge on any atom is 0.338 e. The molecule has 0 aliphatic heterocycles. The van der Waals surface area contributed by atoms with Gasteiger partial charge in [-0.3, -0.25) is 0 Å². The fraction of sp³-hybridized carbons (Fsp3) is 0.111. The van der Waals surface area contributed by atoms with Crippen molar-refractivity contribution in [2.24, 2.45) is 0 Å². The number of aryl methyl sites for hydroxylation is 1. The number of hydrogen-bond donors (Lipinski definition) is 1. The molecule has 6 heteroatoms. The lowest BCUT2D eigenvalue weighted by Crippen LogP contribution is -2.08. The molecule has 0 bridgehead atoms. The highest BCUT2D eigenvalue weighted by Gasteiger charge is 2.12. The minimum atomic E-state index is -0.700. The molecule has 0 saturated heterocycles. The molecule has 0 aliphatic rings. The van der Waals surface area contributed by atoms with E-state index in [0.717, 1.165) is 6.07 Å². The van der Waals surface area contributed by atoms with Crippen molar-refractivity contribution in [3.63, 3.8) is 0 Å². The molecule has 122 valence electrons. The molecule has 0 atom stereocenters. The van der Waals surface area contributed by atoms with Gasteiger partial charge in [0.05, 0.1) is 5.56 Å². The number of benzene rings is 2.